The monoisotopic (exact) mass is 370 g/mol. The van der Waals surface area contributed by atoms with Gasteiger partial charge in [0.25, 0.3) is 5.91 Å². The summed E-state index contributed by atoms with van der Waals surface area (Å²) >= 11 is 0. The SMILES string of the molecule is Cn1cc(C(=O)N2CCC[C@@H](Cc3nc(-c4ccccc4F)no3)C2)nn1. The Balaban J connectivity index is 1.43. The zero-order valence-electron chi connectivity index (χ0n) is 14.9. The average Bonchev–Trinajstić information content (AvgIpc) is 3.31. The molecular weight excluding hydrogens is 351 g/mol. The van der Waals surface area contributed by atoms with Crippen molar-refractivity contribution in [3.8, 4) is 11.4 Å². The minimum Gasteiger partial charge on any atom is -0.339 e. The van der Waals surface area contributed by atoms with Crippen molar-refractivity contribution in [2.45, 2.75) is 19.3 Å². The lowest BCUT2D eigenvalue weighted by molar-refractivity contribution is 0.0662. The molecule has 0 N–H and O–H groups in total. The molecule has 0 aliphatic carbocycles. The predicted molar refractivity (Wildman–Crippen MR) is 93.0 cm³/mol. The van der Waals surface area contributed by atoms with Crippen LogP contribution in [-0.2, 0) is 13.5 Å². The number of hydrogen-bond acceptors (Lipinski definition) is 6. The molecule has 0 bridgehead atoms. The smallest absolute Gasteiger partial charge is 0.276 e. The van der Waals surface area contributed by atoms with E-state index in [2.05, 4.69) is 20.5 Å². The molecule has 1 atom stereocenters. The highest BCUT2D eigenvalue weighted by atomic mass is 19.1. The van der Waals surface area contributed by atoms with Crippen LogP contribution in [0.2, 0.25) is 0 Å². The summed E-state index contributed by atoms with van der Waals surface area (Å²) in [5, 5.41) is 11.6. The molecule has 0 unspecified atom stereocenters. The number of hydrogen-bond donors (Lipinski definition) is 0. The van der Waals surface area contributed by atoms with Gasteiger partial charge in [0.1, 0.15) is 5.82 Å². The number of amides is 1. The summed E-state index contributed by atoms with van der Waals surface area (Å²) in [6.45, 7) is 1.28. The molecule has 9 heteroatoms. The van der Waals surface area contributed by atoms with Crippen LogP contribution in [0.5, 0.6) is 0 Å². The molecule has 0 saturated carbocycles. The number of aromatic nitrogens is 5. The number of piperidine rings is 1. The number of nitrogens with zero attached hydrogens (tertiary/aromatic N) is 6. The van der Waals surface area contributed by atoms with Crippen LogP contribution in [0, 0.1) is 11.7 Å². The van der Waals surface area contributed by atoms with Crippen LogP contribution in [0.3, 0.4) is 0 Å². The first kappa shape index (κ1) is 17.3. The van der Waals surface area contributed by atoms with Gasteiger partial charge in [0.05, 0.1) is 11.8 Å². The summed E-state index contributed by atoms with van der Waals surface area (Å²) in [6, 6.07) is 6.32. The molecule has 27 heavy (non-hydrogen) atoms. The van der Waals surface area contributed by atoms with Gasteiger partial charge in [-0.1, -0.05) is 22.5 Å². The van der Waals surface area contributed by atoms with Crippen molar-refractivity contribution in [1.29, 1.82) is 0 Å². The number of halogens is 1. The molecule has 0 spiro atoms. The quantitative estimate of drug-likeness (QED) is 0.699. The molecule has 1 saturated heterocycles. The van der Waals surface area contributed by atoms with E-state index in [1.807, 2.05) is 0 Å². The molecule has 1 aliphatic rings. The Labute approximate surface area is 155 Å². The lowest BCUT2D eigenvalue weighted by Crippen LogP contribution is -2.40. The fourth-order valence-corrected chi connectivity index (χ4v) is 3.36. The number of rotatable bonds is 4. The minimum absolute atomic E-state index is 0.120. The van der Waals surface area contributed by atoms with Crippen molar-refractivity contribution in [3.63, 3.8) is 0 Å². The van der Waals surface area contributed by atoms with Gasteiger partial charge in [-0.25, -0.2) is 4.39 Å². The van der Waals surface area contributed by atoms with E-state index in [-0.39, 0.29) is 23.5 Å². The maximum absolute atomic E-state index is 13.9. The van der Waals surface area contributed by atoms with E-state index < -0.39 is 0 Å². The van der Waals surface area contributed by atoms with Gasteiger partial charge in [-0.3, -0.25) is 9.48 Å². The van der Waals surface area contributed by atoms with Gasteiger partial charge < -0.3 is 9.42 Å². The third kappa shape index (κ3) is 3.71. The lowest BCUT2D eigenvalue weighted by Gasteiger charge is -2.31. The first-order valence-corrected chi connectivity index (χ1v) is 8.83. The summed E-state index contributed by atoms with van der Waals surface area (Å²) in [6.07, 6.45) is 4.02. The Morgan fingerprint density at radius 2 is 2.22 bits per heavy atom. The third-order valence-electron chi connectivity index (χ3n) is 4.67. The molecule has 0 radical (unpaired) electrons. The van der Waals surface area contributed by atoms with Crippen molar-refractivity contribution in [2.24, 2.45) is 13.0 Å². The van der Waals surface area contributed by atoms with E-state index in [0.717, 1.165) is 12.8 Å². The standard InChI is InChI=1S/C18H19FN6O2/c1-24-11-15(21-23-24)18(26)25-8-4-5-12(10-25)9-16-20-17(22-27-16)13-6-2-3-7-14(13)19/h2-3,6-7,11-12H,4-5,8-10H2,1H3/t12-/m0/s1. The second kappa shape index (κ2) is 7.26. The van der Waals surface area contributed by atoms with Crippen LogP contribution < -0.4 is 0 Å². The van der Waals surface area contributed by atoms with Gasteiger partial charge in [-0.05, 0) is 30.9 Å². The Bertz CT molecular complexity index is 953. The van der Waals surface area contributed by atoms with Crippen molar-refractivity contribution in [2.75, 3.05) is 13.1 Å². The maximum Gasteiger partial charge on any atom is 0.276 e. The maximum atomic E-state index is 13.9. The van der Waals surface area contributed by atoms with E-state index in [4.69, 9.17) is 4.52 Å². The molecule has 2 aromatic heterocycles. The number of carbonyl (C=O) groups excluding carboxylic acids is 1. The second-order valence-electron chi connectivity index (χ2n) is 6.73. The number of benzene rings is 1. The highest BCUT2D eigenvalue weighted by Gasteiger charge is 2.27. The summed E-state index contributed by atoms with van der Waals surface area (Å²) in [4.78, 5) is 18.7. The van der Waals surface area contributed by atoms with Crippen LogP contribution in [-0.4, -0.2) is 49.0 Å². The topological polar surface area (TPSA) is 89.9 Å². The van der Waals surface area contributed by atoms with Gasteiger partial charge in [0, 0.05) is 26.6 Å². The van der Waals surface area contributed by atoms with Crippen molar-refractivity contribution >= 4 is 5.91 Å². The Kier molecular flexibility index (Phi) is 4.66. The van der Waals surface area contributed by atoms with Crippen molar-refractivity contribution in [1.82, 2.24) is 30.0 Å². The van der Waals surface area contributed by atoms with Gasteiger partial charge in [-0.15, -0.1) is 5.10 Å². The van der Waals surface area contributed by atoms with Gasteiger partial charge >= 0.3 is 0 Å². The van der Waals surface area contributed by atoms with Crippen LogP contribution in [0.4, 0.5) is 4.39 Å². The molecule has 4 rings (SSSR count). The highest BCUT2D eigenvalue weighted by molar-refractivity contribution is 5.92. The molecule has 3 aromatic rings. The predicted octanol–water partition coefficient (Wildman–Crippen LogP) is 2.10. The zero-order chi connectivity index (χ0) is 18.8. The molecular formula is C18H19FN6O2. The van der Waals surface area contributed by atoms with E-state index in [9.17, 15) is 9.18 Å². The van der Waals surface area contributed by atoms with Gasteiger partial charge in [-0.2, -0.15) is 4.98 Å². The van der Waals surface area contributed by atoms with E-state index in [0.29, 0.717) is 36.7 Å². The third-order valence-corrected chi connectivity index (χ3v) is 4.67. The largest absolute Gasteiger partial charge is 0.339 e. The fraction of sp³-hybridized carbons (Fsp3) is 0.389. The molecule has 1 amide bonds. The molecule has 1 aromatic carbocycles. The zero-order valence-corrected chi connectivity index (χ0v) is 14.9. The Hall–Kier alpha value is -3.10. The second-order valence-corrected chi connectivity index (χ2v) is 6.73. The minimum atomic E-state index is -0.386. The van der Waals surface area contributed by atoms with E-state index in [1.54, 1.807) is 36.3 Å². The summed E-state index contributed by atoms with van der Waals surface area (Å²) in [5.41, 5.74) is 0.661. The highest BCUT2D eigenvalue weighted by Crippen LogP contribution is 2.24. The molecule has 140 valence electrons. The average molecular weight is 370 g/mol. The summed E-state index contributed by atoms with van der Waals surface area (Å²) < 4.78 is 20.7. The van der Waals surface area contributed by atoms with Crippen molar-refractivity contribution < 1.29 is 13.7 Å². The summed E-state index contributed by atoms with van der Waals surface area (Å²) in [5.74, 6) is 0.389. The molecule has 8 nitrogen and oxygen atoms in total. The number of carbonyl (C=O) groups is 1. The van der Waals surface area contributed by atoms with E-state index >= 15 is 0 Å². The van der Waals surface area contributed by atoms with Crippen molar-refractivity contribution in [3.05, 3.63) is 47.9 Å². The number of likely N-dealkylation sites (tertiary alicyclic amines) is 1. The Morgan fingerprint density at radius 1 is 1.37 bits per heavy atom. The first-order chi connectivity index (χ1) is 13.1. The number of aryl methyl sites for hydroxylation is 1. The van der Waals surface area contributed by atoms with Crippen LogP contribution >= 0.6 is 0 Å². The molecule has 1 fully saturated rings. The fourth-order valence-electron chi connectivity index (χ4n) is 3.36. The van der Waals surface area contributed by atoms with Crippen LogP contribution in [0.15, 0.2) is 35.0 Å². The Morgan fingerprint density at radius 3 is 3.00 bits per heavy atom. The van der Waals surface area contributed by atoms with E-state index in [1.165, 1.54) is 10.7 Å². The van der Waals surface area contributed by atoms with Crippen LogP contribution in [0.1, 0.15) is 29.2 Å². The molecule has 1 aliphatic heterocycles. The van der Waals surface area contributed by atoms with Gasteiger partial charge in [0.2, 0.25) is 11.7 Å². The van der Waals surface area contributed by atoms with Crippen LogP contribution in [0.25, 0.3) is 11.4 Å². The first-order valence-electron chi connectivity index (χ1n) is 8.83. The van der Waals surface area contributed by atoms with Gasteiger partial charge in [0.15, 0.2) is 5.69 Å². The lowest BCUT2D eigenvalue weighted by atomic mass is 9.94. The molecule has 3 heterocycles. The normalized spacial score (nSPS) is 17.3. The summed E-state index contributed by atoms with van der Waals surface area (Å²) in [7, 11) is 1.73.